The van der Waals surface area contributed by atoms with Crippen LogP contribution in [0.3, 0.4) is 0 Å². The molecule has 9 nitrogen and oxygen atoms in total. The van der Waals surface area contributed by atoms with Gasteiger partial charge in [-0.15, -0.1) is 0 Å². The Balaban J connectivity index is 2.35. The molecule has 0 atom stereocenters. The Morgan fingerprint density at radius 3 is 2.04 bits per heavy atom. The SMILES string of the molecule is NS(=O)(=O)c1ccc(S(=O)(=O)Nc2ccc(F)c([N+](=O)[O-])c2)cc1. The van der Waals surface area contributed by atoms with Gasteiger partial charge < -0.3 is 0 Å². The van der Waals surface area contributed by atoms with Gasteiger partial charge in [0.1, 0.15) is 0 Å². The number of hydrogen-bond donors (Lipinski definition) is 2. The van der Waals surface area contributed by atoms with Gasteiger partial charge in [0.15, 0.2) is 0 Å². The third-order valence-electron chi connectivity index (χ3n) is 2.86. The number of nitrogens with two attached hydrogens (primary N) is 1. The van der Waals surface area contributed by atoms with E-state index in [4.69, 9.17) is 5.14 Å². The second kappa shape index (κ2) is 6.14. The fourth-order valence-corrected chi connectivity index (χ4v) is 3.30. The van der Waals surface area contributed by atoms with Crippen LogP contribution in [0.15, 0.2) is 52.3 Å². The highest BCUT2D eigenvalue weighted by atomic mass is 32.2. The minimum absolute atomic E-state index is 0.223. The maximum absolute atomic E-state index is 13.2. The molecule has 0 heterocycles. The molecule has 0 bridgehead atoms. The van der Waals surface area contributed by atoms with Crippen LogP contribution in [0.4, 0.5) is 15.8 Å². The standard InChI is InChI=1S/C12H10FN3O6S2/c13-11-6-1-8(7-12(11)16(17)18)15-24(21,22)10-4-2-9(3-5-10)23(14,19)20/h1-7,15H,(H2,14,19,20). The third-order valence-corrected chi connectivity index (χ3v) is 5.18. The van der Waals surface area contributed by atoms with Gasteiger partial charge in [0, 0.05) is 6.07 Å². The van der Waals surface area contributed by atoms with E-state index >= 15 is 0 Å². The molecular weight excluding hydrogens is 365 g/mol. The van der Waals surface area contributed by atoms with Crippen LogP contribution >= 0.6 is 0 Å². The van der Waals surface area contributed by atoms with Crippen molar-refractivity contribution in [2.75, 3.05) is 4.72 Å². The number of nitro benzene ring substituents is 1. The zero-order chi connectivity index (χ0) is 18.1. The highest BCUT2D eigenvalue weighted by molar-refractivity contribution is 7.92. The number of primary sulfonamides is 1. The van der Waals surface area contributed by atoms with Crippen molar-refractivity contribution in [1.82, 2.24) is 0 Å². The fraction of sp³-hybridized carbons (Fsp3) is 0. The summed E-state index contributed by atoms with van der Waals surface area (Å²) in [6.07, 6.45) is 0. The molecule has 0 saturated heterocycles. The molecule has 128 valence electrons. The normalized spacial score (nSPS) is 11.9. The van der Waals surface area contributed by atoms with Crippen molar-refractivity contribution in [2.24, 2.45) is 5.14 Å². The number of sulfonamides is 2. The van der Waals surface area contributed by atoms with Gasteiger partial charge in [-0.25, -0.2) is 22.0 Å². The Bertz CT molecular complexity index is 1000. The molecule has 2 rings (SSSR count). The summed E-state index contributed by atoms with van der Waals surface area (Å²) in [6.45, 7) is 0. The summed E-state index contributed by atoms with van der Waals surface area (Å²) >= 11 is 0. The fourth-order valence-electron chi connectivity index (χ4n) is 1.74. The second-order valence-electron chi connectivity index (χ2n) is 4.55. The molecule has 0 fully saturated rings. The summed E-state index contributed by atoms with van der Waals surface area (Å²) in [4.78, 5) is 9.09. The van der Waals surface area contributed by atoms with Crippen molar-refractivity contribution < 1.29 is 26.1 Å². The van der Waals surface area contributed by atoms with Crippen molar-refractivity contribution in [2.45, 2.75) is 9.79 Å². The summed E-state index contributed by atoms with van der Waals surface area (Å²) in [5, 5.41) is 15.6. The highest BCUT2D eigenvalue weighted by Crippen LogP contribution is 2.24. The van der Waals surface area contributed by atoms with E-state index in [2.05, 4.69) is 0 Å². The number of rotatable bonds is 5. The van der Waals surface area contributed by atoms with Crippen LogP contribution in [0.25, 0.3) is 0 Å². The Kier molecular flexibility index (Phi) is 4.55. The van der Waals surface area contributed by atoms with Gasteiger partial charge in [-0.3, -0.25) is 14.8 Å². The number of benzene rings is 2. The van der Waals surface area contributed by atoms with Gasteiger partial charge in [0.05, 0.1) is 20.4 Å². The number of halogens is 1. The van der Waals surface area contributed by atoms with Gasteiger partial charge in [-0.1, -0.05) is 0 Å². The summed E-state index contributed by atoms with van der Waals surface area (Å²) in [5.74, 6) is -1.11. The van der Waals surface area contributed by atoms with Gasteiger partial charge in [0.2, 0.25) is 15.8 Å². The van der Waals surface area contributed by atoms with Crippen LogP contribution in [0.5, 0.6) is 0 Å². The minimum Gasteiger partial charge on any atom is -0.279 e. The van der Waals surface area contributed by atoms with Crippen LogP contribution in [-0.4, -0.2) is 21.8 Å². The van der Waals surface area contributed by atoms with Crippen molar-refractivity contribution in [1.29, 1.82) is 0 Å². The molecule has 2 aromatic carbocycles. The summed E-state index contributed by atoms with van der Waals surface area (Å²) in [7, 11) is -8.14. The van der Waals surface area contributed by atoms with E-state index in [1.807, 2.05) is 4.72 Å². The van der Waals surface area contributed by atoms with Crippen LogP contribution in [0.2, 0.25) is 0 Å². The predicted octanol–water partition coefficient (Wildman–Crippen LogP) is 1.18. The Morgan fingerprint density at radius 1 is 1.00 bits per heavy atom. The first-order valence-corrected chi connectivity index (χ1v) is 9.13. The zero-order valence-electron chi connectivity index (χ0n) is 11.7. The first kappa shape index (κ1) is 17.8. The molecule has 0 aliphatic carbocycles. The second-order valence-corrected chi connectivity index (χ2v) is 7.79. The lowest BCUT2D eigenvalue weighted by Gasteiger charge is -2.08. The molecule has 0 amide bonds. The van der Waals surface area contributed by atoms with Gasteiger partial charge in [0.25, 0.3) is 10.0 Å². The van der Waals surface area contributed by atoms with E-state index in [0.717, 1.165) is 42.5 Å². The van der Waals surface area contributed by atoms with E-state index in [1.54, 1.807) is 0 Å². The maximum Gasteiger partial charge on any atom is 0.306 e. The Hall–Kier alpha value is -2.57. The van der Waals surface area contributed by atoms with Crippen molar-refractivity contribution >= 4 is 31.4 Å². The van der Waals surface area contributed by atoms with Crippen LogP contribution in [-0.2, 0) is 20.0 Å². The lowest BCUT2D eigenvalue weighted by Crippen LogP contribution is -2.15. The topological polar surface area (TPSA) is 149 Å². The van der Waals surface area contributed by atoms with Crippen LogP contribution < -0.4 is 9.86 Å². The van der Waals surface area contributed by atoms with E-state index in [9.17, 15) is 31.3 Å². The van der Waals surface area contributed by atoms with Crippen molar-refractivity contribution in [3.05, 3.63) is 58.4 Å². The average molecular weight is 375 g/mol. The smallest absolute Gasteiger partial charge is 0.279 e. The zero-order valence-corrected chi connectivity index (χ0v) is 13.3. The molecule has 0 aliphatic heterocycles. The van der Waals surface area contributed by atoms with Gasteiger partial charge >= 0.3 is 5.69 Å². The largest absolute Gasteiger partial charge is 0.306 e. The van der Waals surface area contributed by atoms with E-state index in [-0.39, 0.29) is 15.5 Å². The van der Waals surface area contributed by atoms with Crippen molar-refractivity contribution in [3.63, 3.8) is 0 Å². The van der Waals surface area contributed by atoms with E-state index in [0.29, 0.717) is 0 Å². The molecular formula is C12H10FN3O6S2. The molecule has 12 heteroatoms. The molecule has 2 aromatic rings. The lowest BCUT2D eigenvalue weighted by molar-refractivity contribution is -0.387. The Morgan fingerprint density at radius 2 is 1.54 bits per heavy atom. The molecule has 0 aromatic heterocycles. The quantitative estimate of drug-likeness (QED) is 0.592. The molecule has 0 radical (unpaired) electrons. The highest BCUT2D eigenvalue weighted by Gasteiger charge is 2.19. The third kappa shape index (κ3) is 3.84. The molecule has 3 N–H and O–H groups in total. The van der Waals surface area contributed by atoms with Crippen LogP contribution in [0, 0.1) is 15.9 Å². The number of hydrogen-bond acceptors (Lipinski definition) is 6. The summed E-state index contributed by atoms with van der Waals surface area (Å²) in [5.41, 5.74) is -1.11. The predicted molar refractivity (Wildman–Crippen MR) is 81.7 cm³/mol. The van der Waals surface area contributed by atoms with E-state index in [1.165, 1.54) is 0 Å². The minimum atomic E-state index is -4.16. The molecule has 0 unspecified atom stereocenters. The Labute approximate surface area is 136 Å². The number of nitrogens with zero attached hydrogens (tertiary/aromatic N) is 1. The monoisotopic (exact) mass is 375 g/mol. The van der Waals surface area contributed by atoms with Crippen molar-refractivity contribution in [3.8, 4) is 0 Å². The van der Waals surface area contributed by atoms with E-state index < -0.39 is 36.5 Å². The first-order valence-electron chi connectivity index (χ1n) is 6.10. The number of nitro groups is 1. The molecule has 0 aliphatic rings. The lowest BCUT2D eigenvalue weighted by atomic mass is 10.3. The summed E-state index contributed by atoms with van der Waals surface area (Å²) in [6, 6.07) is 6.48. The average Bonchev–Trinajstić information content (AvgIpc) is 2.48. The molecule has 24 heavy (non-hydrogen) atoms. The molecule has 0 saturated carbocycles. The number of nitrogens with one attached hydrogen (secondary N) is 1. The van der Waals surface area contributed by atoms with Gasteiger partial charge in [-0.2, -0.15) is 4.39 Å². The number of anilines is 1. The maximum atomic E-state index is 13.2. The molecule has 0 spiro atoms. The first-order chi connectivity index (χ1) is 11.0. The van der Waals surface area contributed by atoms with Gasteiger partial charge in [-0.05, 0) is 36.4 Å². The summed E-state index contributed by atoms with van der Waals surface area (Å²) < 4.78 is 61.9. The van der Waals surface area contributed by atoms with Crippen LogP contribution in [0.1, 0.15) is 0 Å².